The summed E-state index contributed by atoms with van der Waals surface area (Å²) in [4.78, 5) is 18.0. The molecule has 0 saturated heterocycles. The summed E-state index contributed by atoms with van der Waals surface area (Å²) < 4.78 is 5.60. The molecule has 0 spiro atoms. The van der Waals surface area contributed by atoms with Crippen LogP contribution < -0.4 is 5.32 Å². The molecule has 1 rings (SSSR count). The van der Waals surface area contributed by atoms with Gasteiger partial charge < -0.3 is 9.64 Å². The summed E-state index contributed by atoms with van der Waals surface area (Å²) >= 11 is 7.12. The highest BCUT2D eigenvalue weighted by Gasteiger charge is 2.24. The van der Waals surface area contributed by atoms with Gasteiger partial charge in [0.1, 0.15) is 9.34 Å². The minimum absolute atomic E-state index is 0.317. The van der Waals surface area contributed by atoms with Gasteiger partial charge >= 0.3 is 5.97 Å². The number of halogens is 1. The number of carbonyl (C=O) groups excluding carboxylic acids is 1. The van der Waals surface area contributed by atoms with Crippen molar-refractivity contribution >= 4 is 28.9 Å². The number of ether oxygens (including phenoxy) is 1. The van der Waals surface area contributed by atoms with Crippen molar-refractivity contribution in [1.29, 1.82) is 0 Å². The Morgan fingerprint density at radius 3 is 2.89 bits per heavy atom. The number of aromatic nitrogens is 1. The highest BCUT2D eigenvalue weighted by Crippen LogP contribution is 2.24. The van der Waals surface area contributed by atoms with Gasteiger partial charge in [0.15, 0.2) is 6.04 Å². The molecule has 0 aromatic carbocycles. The van der Waals surface area contributed by atoms with Gasteiger partial charge in [-0.3, -0.25) is 5.32 Å². The first-order valence-electron chi connectivity index (χ1n) is 5.70. The highest BCUT2D eigenvalue weighted by molar-refractivity contribution is 7.16. The molecule has 1 unspecified atom stereocenters. The molecule has 0 aliphatic rings. The number of rotatable bonds is 7. The molecule has 102 valence electrons. The van der Waals surface area contributed by atoms with Crippen LogP contribution in [0.5, 0.6) is 0 Å². The van der Waals surface area contributed by atoms with Crippen LogP contribution in [0.4, 0.5) is 0 Å². The normalized spacial score (nSPS) is 12.7. The van der Waals surface area contributed by atoms with Gasteiger partial charge in [-0.05, 0) is 21.0 Å². The van der Waals surface area contributed by atoms with E-state index in [1.807, 2.05) is 19.0 Å². The van der Waals surface area contributed by atoms with Gasteiger partial charge in [-0.25, -0.2) is 9.78 Å². The minimum Gasteiger partial charge on any atom is -0.465 e. The lowest BCUT2D eigenvalue weighted by atomic mass is 10.3. The standard InChI is InChI=1S/C11H18ClN3O2S/c1-4-17-11(16)9(13-5-6-15(2)3)10-14-7-8(12)18-10/h7,9,13H,4-6H2,1-3H3. The minimum atomic E-state index is -0.539. The number of esters is 1. The Balaban J connectivity index is 2.66. The Morgan fingerprint density at radius 2 is 2.39 bits per heavy atom. The smallest absolute Gasteiger partial charge is 0.330 e. The van der Waals surface area contributed by atoms with E-state index in [0.29, 0.717) is 22.5 Å². The largest absolute Gasteiger partial charge is 0.465 e. The van der Waals surface area contributed by atoms with Crippen molar-refractivity contribution in [3.63, 3.8) is 0 Å². The third kappa shape index (κ3) is 4.89. The average molecular weight is 292 g/mol. The summed E-state index contributed by atoms with van der Waals surface area (Å²) in [7, 11) is 3.95. The maximum absolute atomic E-state index is 11.9. The van der Waals surface area contributed by atoms with Crippen molar-refractivity contribution in [1.82, 2.24) is 15.2 Å². The van der Waals surface area contributed by atoms with Gasteiger partial charge in [0.2, 0.25) is 0 Å². The SMILES string of the molecule is CCOC(=O)C(NCCN(C)C)c1ncc(Cl)s1. The maximum Gasteiger partial charge on any atom is 0.330 e. The van der Waals surface area contributed by atoms with Crippen molar-refractivity contribution in [2.45, 2.75) is 13.0 Å². The predicted molar refractivity (Wildman–Crippen MR) is 73.1 cm³/mol. The molecule has 0 aliphatic heterocycles. The summed E-state index contributed by atoms with van der Waals surface area (Å²) in [5.41, 5.74) is 0. The topological polar surface area (TPSA) is 54.5 Å². The van der Waals surface area contributed by atoms with E-state index in [4.69, 9.17) is 16.3 Å². The first kappa shape index (κ1) is 15.4. The Kier molecular flexibility index (Phi) is 6.56. The Hall–Kier alpha value is -0.690. The number of likely N-dealkylation sites (N-methyl/N-ethyl adjacent to an activating group) is 1. The van der Waals surface area contributed by atoms with Crippen LogP contribution in [0.25, 0.3) is 0 Å². The summed E-state index contributed by atoms with van der Waals surface area (Å²) in [6, 6.07) is -0.539. The van der Waals surface area contributed by atoms with Crippen molar-refractivity contribution < 1.29 is 9.53 Å². The van der Waals surface area contributed by atoms with Crippen molar-refractivity contribution in [3.05, 3.63) is 15.5 Å². The molecule has 1 heterocycles. The molecule has 18 heavy (non-hydrogen) atoms. The number of nitrogens with one attached hydrogen (secondary N) is 1. The van der Waals surface area contributed by atoms with E-state index in [1.165, 1.54) is 11.3 Å². The van der Waals surface area contributed by atoms with Crippen LogP contribution in [-0.2, 0) is 9.53 Å². The average Bonchev–Trinajstić information content (AvgIpc) is 2.71. The zero-order chi connectivity index (χ0) is 13.5. The van der Waals surface area contributed by atoms with Crippen molar-refractivity contribution in [3.8, 4) is 0 Å². The quantitative estimate of drug-likeness (QED) is 0.773. The fourth-order valence-electron chi connectivity index (χ4n) is 1.33. The molecule has 0 radical (unpaired) electrons. The first-order valence-corrected chi connectivity index (χ1v) is 6.90. The highest BCUT2D eigenvalue weighted by atomic mass is 35.5. The fourth-order valence-corrected chi connectivity index (χ4v) is 2.32. The molecular formula is C11H18ClN3O2S. The number of carbonyl (C=O) groups is 1. The zero-order valence-electron chi connectivity index (χ0n) is 10.8. The molecule has 0 amide bonds. The van der Waals surface area contributed by atoms with E-state index in [2.05, 4.69) is 10.3 Å². The van der Waals surface area contributed by atoms with Crippen LogP contribution in [0, 0.1) is 0 Å². The van der Waals surface area contributed by atoms with Crippen LogP contribution in [0.3, 0.4) is 0 Å². The molecule has 0 aliphatic carbocycles. The van der Waals surface area contributed by atoms with E-state index >= 15 is 0 Å². The molecule has 0 saturated carbocycles. The summed E-state index contributed by atoms with van der Waals surface area (Å²) in [5.74, 6) is -0.317. The lowest BCUT2D eigenvalue weighted by Crippen LogP contribution is -2.34. The Bertz CT molecular complexity index is 384. The van der Waals surface area contributed by atoms with Crippen molar-refractivity contribution in [2.75, 3.05) is 33.8 Å². The third-order valence-corrected chi connectivity index (χ3v) is 3.35. The van der Waals surface area contributed by atoms with Gasteiger partial charge in [-0.15, -0.1) is 11.3 Å². The molecule has 0 bridgehead atoms. The zero-order valence-corrected chi connectivity index (χ0v) is 12.3. The van der Waals surface area contributed by atoms with Gasteiger partial charge in [0.05, 0.1) is 12.8 Å². The maximum atomic E-state index is 11.9. The fraction of sp³-hybridized carbons (Fsp3) is 0.636. The van der Waals surface area contributed by atoms with Crippen LogP contribution in [0.2, 0.25) is 4.34 Å². The predicted octanol–water partition coefficient (Wildman–Crippen LogP) is 1.55. The third-order valence-electron chi connectivity index (χ3n) is 2.17. The molecule has 1 aromatic rings. The molecule has 1 aromatic heterocycles. The van der Waals surface area contributed by atoms with Crippen molar-refractivity contribution in [2.24, 2.45) is 0 Å². The summed E-state index contributed by atoms with van der Waals surface area (Å²) in [6.07, 6.45) is 1.54. The van der Waals surface area contributed by atoms with E-state index in [0.717, 1.165) is 6.54 Å². The van der Waals surface area contributed by atoms with Crippen LogP contribution in [-0.4, -0.2) is 49.6 Å². The number of hydrogen-bond acceptors (Lipinski definition) is 6. The lowest BCUT2D eigenvalue weighted by molar-refractivity contribution is -0.145. The second-order valence-corrected chi connectivity index (χ2v) is 5.64. The van der Waals surface area contributed by atoms with Gasteiger partial charge in [-0.2, -0.15) is 0 Å². The van der Waals surface area contributed by atoms with Gasteiger partial charge in [0, 0.05) is 13.1 Å². The van der Waals surface area contributed by atoms with Gasteiger partial charge in [0.25, 0.3) is 0 Å². The second kappa shape index (κ2) is 7.68. The molecule has 1 N–H and O–H groups in total. The second-order valence-electron chi connectivity index (χ2n) is 3.95. The Morgan fingerprint density at radius 1 is 1.67 bits per heavy atom. The monoisotopic (exact) mass is 291 g/mol. The van der Waals surface area contributed by atoms with E-state index in [-0.39, 0.29) is 5.97 Å². The lowest BCUT2D eigenvalue weighted by Gasteiger charge is -2.16. The molecule has 0 fully saturated rings. The summed E-state index contributed by atoms with van der Waals surface area (Å²) in [5, 5.41) is 3.77. The van der Waals surface area contributed by atoms with E-state index < -0.39 is 6.04 Å². The summed E-state index contributed by atoms with van der Waals surface area (Å²) in [6.45, 7) is 3.64. The van der Waals surface area contributed by atoms with E-state index in [9.17, 15) is 4.79 Å². The molecule has 5 nitrogen and oxygen atoms in total. The number of nitrogens with zero attached hydrogens (tertiary/aromatic N) is 2. The first-order chi connectivity index (χ1) is 8.54. The van der Waals surface area contributed by atoms with Gasteiger partial charge in [-0.1, -0.05) is 11.6 Å². The molecule has 7 heteroatoms. The van der Waals surface area contributed by atoms with Crippen LogP contribution in [0.15, 0.2) is 6.20 Å². The number of hydrogen-bond donors (Lipinski definition) is 1. The molecule has 1 atom stereocenters. The Labute approximate surface area is 116 Å². The van der Waals surface area contributed by atoms with Crippen LogP contribution in [0.1, 0.15) is 18.0 Å². The van der Waals surface area contributed by atoms with Crippen LogP contribution >= 0.6 is 22.9 Å². The number of thiazole rings is 1. The van der Waals surface area contributed by atoms with E-state index in [1.54, 1.807) is 13.1 Å². The molecular weight excluding hydrogens is 274 g/mol.